The highest BCUT2D eigenvalue weighted by atomic mass is 127. The van der Waals surface area contributed by atoms with Crippen LogP contribution in [-0.4, -0.2) is 9.97 Å². The molecule has 16 heavy (non-hydrogen) atoms. The Balaban J connectivity index is 2.27. The fourth-order valence-electron chi connectivity index (χ4n) is 1.82. The summed E-state index contributed by atoms with van der Waals surface area (Å²) in [7, 11) is 0. The predicted octanol–water partition coefficient (Wildman–Crippen LogP) is 3.83. The molecule has 2 aromatic heterocycles. The van der Waals surface area contributed by atoms with Crippen LogP contribution >= 0.6 is 22.6 Å². The van der Waals surface area contributed by atoms with E-state index in [1.807, 2.05) is 18.5 Å². The van der Waals surface area contributed by atoms with Gasteiger partial charge in [-0.3, -0.25) is 4.98 Å². The lowest BCUT2D eigenvalue weighted by molar-refractivity contribution is 1.33. The normalized spacial score (nSPS) is 10.8. The quantitative estimate of drug-likeness (QED) is 0.678. The summed E-state index contributed by atoms with van der Waals surface area (Å²) in [5, 5.41) is 1.24. The SMILES string of the molecule is Ic1cc2[nH]ccc2cc1-c1cccnc1. The first-order valence-electron chi connectivity index (χ1n) is 5.01. The molecule has 2 nitrogen and oxygen atoms in total. The third-order valence-electron chi connectivity index (χ3n) is 2.61. The van der Waals surface area contributed by atoms with Crippen LogP contribution in [0.3, 0.4) is 0 Å². The molecule has 2 heterocycles. The van der Waals surface area contributed by atoms with Crippen molar-refractivity contribution in [3.63, 3.8) is 0 Å². The Morgan fingerprint density at radius 1 is 1.19 bits per heavy atom. The molecule has 0 radical (unpaired) electrons. The molecule has 0 atom stereocenters. The monoisotopic (exact) mass is 320 g/mol. The maximum absolute atomic E-state index is 4.16. The number of halogens is 1. The van der Waals surface area contributed by atoms with E-state index in [1.165, 1.54) is 20.0 Å². The van der Waals surface area contributed by atoms with Crippen LogP contribution in [-0.2, 0) is 0 Å². The van der Waals surface area contributed by atoms with Crippen molar-refractivity contribution in [1.29, 1.82) is 0 Å². The summed E-state index contributed by atoms with van der Waals surface area (Å²) >= 11 is 2.36. The lowest BCUT2D eigenvalue weighted by Crippen LogP contribution is -1.84. The molecule has 78 valence electrons. The second kappa shape index (κ2) is 3.90. The molecule has 3 rings (SSSR count). The molecule has 0 spiro atoms. The third kappa shape index (κ3) is 1.61. The molecule has 1 aromatic carbocycles. The lowest BCUT2D eigenvalue weighted by Gasteiger charge is -2.04. The van der Waals surface area contributed by atoms with Gasteiger partial charge in [-0.15, -0.1) is 0 Å². The van der Waals surface area contributed by atoms with Gasteiger partial charge in [-0.05, 0) is 52.4 Å². The number of nitrogens with one attached hydrogen (secondary N) is 1. The standard InChI is InChI=1S/C13H9IN2/c14-12-7-13-9(3-5-16-13)6-11(12)10-2-1-4-15-8-10/h1-8,16H. The average molecular weight is 320 g/mol. The highest BCUT2D eigenvalue weighted by Gasteiger charge is 2.05. The van der Waals surface area contributed by atoms with Crippen LogP contribution in [0.4, 0.5) is 0 Å². The van der Waals surface area contributed by atoms with Crippen molar-refractivity contribution < 1.29 is 0 Å². The number of fused-ring (bicyclic) bond motifs is 1. The molecule has 1 N–H and O–H groups in total. The van der Waals surface area contributed by atoms with Crippen LogP contribution in [0.2, 0.25) is 0 Å². The molecule has 0 amide bonds. The van der Waals surface area contributed by atoms with Gasteiger partial charge in [-0.25, -0.2) is 0 Å². The minimum atomic E-state index is 1.16. The number of rotatable bonds is 1. The number of benzene rings is 1. The second-order valence-corrected chi connectivity index (χ2v) is 4.80. The molecule has 3 aromatic rings. The molecule has 0 saturated carbocycles. The summed E-state index contributed by atoms with van der Waals surface area (Å²) in [5.74, 6) is 0. The number of hydrogen-bond acceptors (Lipinski definition) is 1. The van der Waals surface area contributed by atoms with E-state index in [4.69, 9.17) is 0 Å². The number of hydrogen-bond donors (Lipinski definition) is 1. The van der Waals surface area contributed by atoms with Crippen LogP contribution in [0.1, 0.15) is 0 Å². The van der Waals surface area contributed by atoms with Crippen LogP contribution < -0.4 is 0 Å². The molecular weight excluding hydrogens is 311 g/mol. The van der Waals surface area contributed by atoms with Gasteiger partial charge in [0.1, 0.15) is 0 Å². The van der Waals surface area contributed by atoms with Gasteiger partial charge in [0.05, 0.1) is 0 Å². The number of pyridine rings is 1. The smallest absolute Gasteiger partial charge is 0.0464 e. The van der Waals surface area contributed by atoms with Crippen LogP contribution in [0.15, 0.2) is 48.9 Å². The Hall–Kier alpha value is -1.36. The van der Waals surface area contributed by atoms with Crippen molar-refractivity contribution in [3.05, 3.63) is 52.5 Å². The fraction of sp³-hybridized carbons (Fsp3) is 0. The molecule has 3 heteroatoms. The van der Waals surface area contributed by atoms with E-state index in [0.717, 1.165) is 5.56 Å². The lowest BCUT2D eigenvalue weighted by atomic mass is 10.1. The first-order valence-corrected chi connectivity index (χ1v) is 6.09. The van der Waals surface area contributed by atoms with E-state index < -0.39 is 0 Å². The van der Waals surface area contributed by atoms with E-state index >= 15 is 0 Å². The molecular formula is C13H9IN2. The molecule has 0 aliphatic carbocycles. The van der Waals surface area contributed by atoms with E-state index in [0.29, 0.717) is 0 Å². The maximum atomic E-state index is 4.16. The maximum Gasteiger partial charge on any atom is 0.0464 e. The Morgan fingerprint density at radius 3 is 2.94 bits per heavy atom. The van der Waals surface area contributed by atoms with E-state index in [1.54, 1.807) is 6.20 Å². The minimum Gasteiger partial charge on any atom is -0.361 e. The van der Waals surface area contributed by atoms with Crippen LogP contribution in [0, 0.1) is 3.57 Å². The van der Waals surface area contributed by atoms with Crippen LogP contribution in [0.5, 0.6) is 0 Å². The highest BCUT2D eigenvalue weighted by Crippen LogP contribution is 2.28. The fourth-order valence-corrected chi connectivity index (χ4v) is 2.60. The summed E-state index contributed by atoms with van der Waals surface area (Å²) in [5.41, 5.74) is 3.58. The van der Waals surface area contributed by atoms with Gasteiger partial charge in [0.25, 0.3) is 0 Å². The summed E-state index contributed by atoms with van der Waals surface area (Å²) in [4.78, 5) is 7.38. The molecule has 0 aliphatic heterocycles. The van der Waals surface area contributed by atoms with Gasteiger partial charge in [-0.1, -0.05) is 6.07 Å². The van der Waals surface area contributed by atoms with Gasteiger partial charge in [-0.2, -0.15) is 0 Å². The third-order valence-corrected chi connectivity index (χ3v) is 3.51. The van der Waals surface area contributed by atoms with Crippen molar-refractivity contribution in [1.82, 2.24) is 9.97 Å². The largest absolute Gasteiger partial charge is 0.361 e. The topological polar surface area (TPSA) is 28.7 Å². The number of aromatic amines is 1. The Morgan fingerprint density at radius 2 is 2.12 bits per heavy atom. The second-order valence-electron chi connectivity index (χ2n) is 3.64. The van der Waals surface area contributed by atoms with Crippen LogP contribution in [0.25, 0.3) is 22.0 Å². The Bertz CT molecular complexity index is 629. The molecule has 0 bridgehead atoms. The zero-order valence-corrected chi connectivity index (χ0v) is 10.6. The minimum absolute atomic E-state index is 1.16. The zero-order chi connectivity index (χ0) is 11.0. The van der Waals surface area contributed by atoms with E-state index in [2.05, 4.69) is 56.8 Å². The van der Waals surface area contributed by atoms with Crippen molar-refractivity contribution in [2.45, 2.75) is 0 Å². The van der Waals surface area contributed by atoms with Crippen molar-refractivity contribution in [3.8, 4) is 11.1 Å². The van der Waals surface area contributed by atoms with Crippen molar-refractivity contribution >= 4 is 33.5 Å². The Labute approximate surface area is 107 Å². The molecule has 0 fully saturated rings. The number of H-pyrrole nitrogens is 1. The van der Waals surface area contributed by atoms with E-state index in [-0.39, 0.29) is 0 Å². The van der Waals surface area contributed by atoms with Gasteiger partial charge in [0, 0.05) is 38.6 Å². The predicted molar refractivity (Wildman–Crippen MR) is 74.2 cm³/mol. The van der Waals surface area contributed by atoms with Gasteiger partial charge in [0.15, 0.2) is 0 Å². The number of nitrogens with zero attached hydrogens (tertiary/aromatic N) is 1. The first kappa shape index (κ1) is 9.84. The number of aromatic nitrogens is 2. The Kier molecular flexibility index (Phi) is 2.40. The summed E-state index contributed by atoms with van der Waals surface area (Å²) in [6.07, 6.45) is 5.66. The van der Waals surface area contributed by atoms with Gasteiger partial charge >= 0.3 is 0 Å². The van der Waals surface area contributed by atoms with Crippen molar-refractivity contribution in [2.75, 3.05) is 0 Å². The van der Waals surface area contributed by atoms with Gasteiger partial charge < -0.3 is 4.98 Å². The van der Waals surface area contributed by atoms with E-state index in [9.17, 15) is 0 Å². The molecule has 0 unspecified atom stereocenters. The average Bonchev–Trinajstić information content (AvgIpc) is 2.76. The summed E-state index contributed by atoms with van der Waals surface area (Å²) < 4.78 is 1.24. The van der Waals surface area contributed by atoms with Gasteiger partial charge in [0.2, 0.25) is 0 Å². The summed E-state index contributed by atoms with van der Waals surface area (Å²) in [6.45, 7) is 0. The highest BCUT2D eigenvalue weighted by molar-refractivity contribution is 14.1. The zero-order valence-electron chi connectivity index (χ0n) is 8.44. The molecule has 0 aliphatic rings. The summed E-state index contributed by atoms with van der Waals surface area (Å²) in [6, 6.07) is 10.5. The first-order chi connectivity index (χ1) is 7.84. The molecule has 0 saturated heterocycles. The van der Waals surface area contributed by atoms with Crippen molar-refractivity contribution in [2.24, 2.45) is 0 Å².